The fourth-order valence-electron chi connectivity index (χ4n) is 1.36. The number of carbonyl (C=O) groups excluding carboxylic acids is 1. The predicted octanol–water partition coefficient (Wildman–Crippen LogP) is 0.886. The van der Waals surface area contributed by atoms with Crippen molar-refractivity contribution in [1.82, 2.24) is 5.32 Å². The molecule has 0 bridgehead atoms. The van der Waals surface area contributed by atoms with Crippen LogP contribution in [0.4, 0.5) is 0 Å². The molecule has 0 unspecified atom stereocenters. The van der Waals surface area contributed by atoms with Gasteiger partial charge >= 0.3 is 0 Å². The molecule has 13 heavy (non-hydrogen) atoms. The van der Waals surface area contributed by atoms with E-state index in [-0.39, 0.29) is 17.9 Å². The van der Waals surface area contributed by atoms with Crippen LogP contribution in [-0.2, 0) is 4.79 Å². The van der Waals surface area contributed by atoms with E-state index in [4.69, 9.17) is 5.73 Å². The van der Waals surface area contributed by atoms with Gasteiger partial charge in [-0.25, -0.2) is 0 Å². The van der Waals surface area contributed by atoms with Crippen LogP contribution in [0, 0.1) is 11.8 Å². The van der Waals surface area contributed by atoms with Gasteiger partial charge in [-0.15, -0.1) is 0 Å². The third kappa shape index (κ3) is 2.99. The van der Waals surface area contributed by atoms with Crippen LogP contribution in [0.1, 0.15) is 33.1 Å². The van der Waals surface area contributed by atoms with Crippen molar-refractivity contribution in [3.63, 3.8) is 0 Å². The number of amides is 1. The van der Waals surface area contributed by atoms with Gasteiger partial charge in [-0.1, -0.05) is 20.3 Å². The molecule has 0 heterocycles. The van der Waals surface area contributed by atoms with Crippen molar-refractivity contribution >= 4 is 5.91 Å². The molecule has 3 N–H and O–H groups in total. The van der Waals surface area contributed by atoms with Gasteiger partial charge in [0, 0.05) is 6.54 Å². The lowest BCUT2D eigenvalue weighted by Crippen LogP contribution is -2.45. The van der Waals surface area contributed by atoms with E-state index in [0.717, 1.165) is 6.54 Å². The molecule has 3 heteroatoms. The molecule has 0 radical (unpaired) electrons. The molecule has 0 aromatic carbocycles. The summed E-state index contributed by atoms with van der Waals surface area (Å²) in [4.78, 5) is 11.4. The lowest BCUT2D eigenvalue weighted by Gasteiger charge is -2.26. The summed E-state index contributed by atoms with van der Waals surface area (Å²) in [5.41, 5.74) is 5.69. The van der Waals surface area contributed by atoms with Gasteiger partial charge in [-0.05, 0) is 24.7 Å². The molecule has 3 nitrogen and oxygen atoms in total. The third-order valence-corrected chi connectivity index (χ3v) is 2.81. The van der Waals surface area contributed by atoms with E-state index in [1.807, 2.05) is 13.8 Å². The molecule has 0 spiro atoms. The van der Waals surface area contributed by atoms with E-state index in [0.29, 0.717) is 5.92 Å². The molecule has 1 aliphatic carbocycles. The van der Waals surface area contributed by atoms with Gasteiger partial charge in [0.05, 0.1) is 6.04 Å². The zero-order chi connectivity index (χ0) is 9.84. The van der Waals surface area contributed by atoms with Gasteiger partial charge in [-0.2, -0.15) is 0 Å². The van der Waals surface area contributed by atoms with Gasteiger partial charge in [0.25, 0.3) is 0 Å². The first-order valence-corrected chi connectivity index (χ1v) is 5.14. The topological polar surface area (TPSA) is 55.1 Å². The quantitative estimate of drug-likeness (QED) is 0.681. The molecule has 1 rings (SSSR count). The van der Waals surface area contributed by atoms with Crippen molar-refractivity contribution in [3.8, 4) is 0 Å². The maximum Gasteiger partial charge on any atom is 0.237 e. The van der Waals surface area contributed by atoms with Crippen molar-refractivity contribution in [1.29, 1.82) is 0 Å². The predicted molar refractivity (Wildman–Crippen MR) is 53.2 cm³/mol. The van der Waals surface area contributed by atoms with Crippen LogP contribution < -0.4 is 11.1 Å². The number of hydrogen-bond acceptors (Lipinski definition) is 2. The summed E-state index contributed by atoms with van der Waals surface area (Å²) >= 11 is 0. The molecule has 0 aliphatic heterocycles. The van der Waals surface area contributed by atoms with Gasteiger partial charge in [0.15, 0.2) is 0 Å². The van der Waals surface area contributed by atoms with Crippen LogP contribution in [0.25, 0.3) is 0 Å². The molecular formula is C10H20N2O. The zero-order valence-corrected chi connectivity index (χ0v) is 8.55. The standard InChI is InChI=1S/C10H20N2O/c1-7(2)9(11)10(13)12-6-8-4-3-5-8/h7-9H,3-6,11H2,1-2H3,(H,12,13)/t9-/m0/s1. The minimum absolute atomic E-state index is 0.00176. The second-order valence-corrected chi connectivity index (χ2v) is 4.31. The number of nitrogens with one attached hydrogen (secondary N) is 1. The fraction of sp³-hybridized carbons (Fsp3) is 0.900. The van der Waals surface area contributed by atoms with Crippen LogP contribution in [0.3, 0.4) is 0 Å². The average Bonchev–Trinajstić information content (AvgIpc) is 1.99. The van der Waals surface area contributed by atoms with Crippen LogP contribution in [0.2, 0.25) is 0 Å². The summed E-state index contributed by atoms with van der Waals surface area (Å²) in [5.74, 6) is 0.937. The first-order valence-electron chi connectivity index (χ1n) is 5.14. The van der Waals surface area contributed by atoms with E-state index in [1.54, 1.807) is 0 Å². The molecule has 1 saturated carbocycles. The Morgan fingerprint density at radius 3 is 2.54 bits per heavy atom. The zero-order valence-electron chi connectivity index (χ0n) is 8.55. The number of rotatable bonds is 4. The first kappa shape index (κ1) is 10.5. The number of hydrogen-bond donors (Lipinski definition) is 2. The number of carbonyl (C=O) groups is 1. The van der Waals surface area contributed by atoms with Gasteiger partial charge < -0.3 is 11.1 Å². The Bertz CT molecular complexity index is 176. The normalized spacial score (nSPS) is 19.7. The molecule has 76 valence electrons. The lowest BCUT2D eigenvalue weighted by atomic mass is 9.85. The molecule has 1 amide bonds. The second kappa shape index (κ2) is 4.61. The maximum absolute atomic E-state index is 11.4. The highest BCUT2D eigenvalue weighted by molar-refractivity contribution is 5.81. The Labute approximate surface area is 80.1 Å². The molecular weight excluding hydrogens is 164 g/mol. The van der Waals surface area contributed by atoms with Gasteiger partial charge in [-0.3, -0.25) is 4.79 Å². The second-order valence-electron chi connectivity index (χ2n) is 4.31. The minimum Gasteiger partial charge on any atom is -0.354 e. The van der Waals surface area contributed by atoms with Crippen LogP contribution >= 0.6 is 0 Å². The minimum atomic E-state index is -0.347. The van der Waals surface area contributed by atoms with Crippen LogP contribution in [0.5, 0.6) is 0 Å². The fourth-order valence-corrected chi connectivity index (χ4v) is 1.36. The van der Waals surface area contributed by atoms with Crippen molar-refractivity contribution in [2.45, 2.75) is 39.2 Å². The van der Waals surface area contributed by atoms with E-state index in [9.17, 15) is 4.79 Å². The third-order valence-electron chi connectivity index (χ3n) is 2.81. The maximum atomic E-state index is 11.4. The molecule has 1 fully saturated rings. The van der Waals surface area contributed by atoms with Gasteiger partial charge in [0.2, 0.25) is 5.91 Å². The Hall–Kier alpha value is -0.570. The van der Waals surface area contributed by atoms with E-state index in [1.165, 1.54) is 19.3 Å². The average molecular weight is 184 g/mol. The summed E-state index contributed by atoms with van der Waals surface area (Å²) in [7, 11) is 0. The van der Waals surface area contributed by atoms with E-state index in [2.05, 4.69) is 5.32 Å². The number of nitrogens with two attached hydrogens (primary N) is 1. The van der Waals surface area contributed by atoms with Crippen molar-refractivity contribution in [2.24, 2.45) is 17.6 Å². The van der Waals surface area contributed by atoms with Crippen molar-refractivity contribution < 1.29 is 4.79 Å². The van der Waals surface area contributed by atoms with Crippen molar-refractivity contribution in [3.05, 3.63) is 0 Å². The molecule has 0 aromatic rings. The van der Waals surface area contributed by atoms with E-state index < -0.39 is 0 Å². The summed E-state index contributed by atoms with van der Waals surface area (Å²) in [5, 5.41) is 2.90. The summed E-state index contributed by atoms with van der Waals surface area (Å²) in [6, 6.07) is -0.347. The molecule has 1 aliphatic rings. The Balaban J connectivity index is 2.16. The van der Waals surface area contributed by atoms with E-state index >= 15 is 0 Å². The smallest absolute Gasteiger partial charge is 0.237 e. The van der Waals surface area contributed by atoms with Crippen molar-refractivity contribution in [2.75, 3.05) is 6.54 Å². The Morgan fingerprint density at radius 2 is 2.15 bits per heavy atom. The highest BCUT2D eigenvalue weighted by atomic mass is 16.2. The highest BCUT2D eigenvalue weighted by Gasteiger charge is 2.21. The Kier molecular flexibility index (Phi) is 3.72. The van der Waals surface area contributed by atoms with Crippen LogP contribution in [-0.4, -0.2) is 18.5 Å². The first-order chi connectivity index (χ1) is 6.11. The summed E-state index contributed by atoms with van der Waals surface area (Å²) in [6.07, 6.45) is 3.84. The molecule has 0 aromatic heterocycles. The SMILES string of the molecule is CC(C)[C@H](N)C(=O)NCC1CCC1. The summed E-state index contributed by atoms with van der Waals surface area (Å²) < 4.78 is 0. The monoisotopic (exact) mass is 184 g/mol. The lowest BCUT2D eigenvalue weighted by molar-refractivity contribution is -0.123. The van der Waals surface area contributed by atoms with Crippen LogP contribution in [0.15, 0.2) is 0 Å². The largest absolute Gasteiger partial charge is 0.354 e. The molecule has 0 saturated heterocycles. The van der Waals surface area contributed by atoms with Gasteiger partial charge in [0.1, 0.15) is 0 Å². The highest BCUT2D eigenvalue weighted by Crippen LogP contribution is 2.25. The summed E-state index contributed by atoms with van der Waals surface area (Å²) in [6.45, 7) is 4.75. The Morgan fingerprint density at radius 1 is 1.54 bits per heavy atom. The molecule has 1 atom stereocenters.